The number of aryl methyl sites for hydroxylation is 1. The van der Waals surface area contributed by atoms with Crippen molar-refractivity contribution < 1.29 is 19.0 Å². The van der Waals surface area contributed by atoms with Gasteiger partial charge in [0, 0.05) is 42.6 Å². The Bertz CT molecular complexity index is 969. The fraction of sp³-hybridized carbons (Fsp3) is 0.519. The summed E-state index contributed by atoms with van der Waals surface area (Å²) in [6.45, 7) is 7.38. The molecule has 2 aromatic rings. The maximum Gasteiger partial charge on any atom is 0.240 e. The van der Waals surface area contributed by atoms with E-state index in [2.05, 4.69) is 48.7 Å². The molecule has 0 bridgehead atoms. The molecule has 2 aromatic carbocycles. The number of amides is 1. The number of aliphatic hydroxyl groups is 1. The van der Waals surface area contributed by atoms with Crippen molar-refractivity contribution in [2.24, 2.45) is 0 Å². The van der Waals surface area contributed by atoms with Crippen LogP contribution in [0, 0.1) is 12.7 Å². The fourth-order valence-corrected chi connectivity index (χ4v) is 5.47. The van der Waals surface area contributed by atoms with Gasteiger partial charge < -0.3 is 20.1 Å². The molecule has 3 N–H and O–H groups in total. The SMILES string of the molecule is Cc1ccc([C@@H]2CC2(C)NCCSC[C@H](NC(O)c2ccc(F)cc2)C(=O)N2CCOCC2)cc1. The van der Waals surface area contributed by atoms with E-state index < -0.39 is 12.3 Å². The van der Waals surface area contributed by atoms with Gasteiger partial charge in [-0.25, -0.2) is 4.39 Å². The van der Waals surface area contributed by atoms with E-state index in [0.717, 1.165) is 18.7 Å². The van der Waals surface area contributed by atoms with Crippen LogP contribution >= 0.6 is 11.8 Å². The van der Waals surface area contributed by atoms with Crippen molar-refractivity contribution in [2.45, 2.75) is 44.0 Å². The van der Waals surface area contributed by atoms with Crippen LogP contribution in [-0.2, 0) is 9.53 Å². The predicted molar refractivity (Wildman–Crippen MR) is 138 cm³/mol. The van der Waals surface area contributed by atoms with Gasteiger partial charge in [0.15, 0.2) is 0 Å². The summed E-state index contributed by atoms with van der Waals surface area (Å²) in [6, 6.07) is 13.9. The number of carbonyl (C=O) groups is 1. The van der Waals surface area contributed by atoms with E-state index in [1.807, 2.05) is 0 Å². The summed E-state index contributed by atoms with van der Waals surface area (Å²) >= 11 is 1.69. The average Bonchev–Trinajstić information content (AvgIpc) is 3.55. The molecule has 1 heterocycles. The zero-order valence-electron chi connectivity index (χ0n) is 20.5. The molecule has 2 fully saturated rings. The molecule has 190 valence electrons. The number of benzene rings is 2. The smallest absolute Gasteiger partial charge is 0.240 e. The third-order valence-electron chi connectivity index (χ3n) is 6.94. The molecular weight excluding hydrogens is 465 g/mol. The highest BCUT2D eigenvalue weighted by molar-refractivity contribution is 7.99. The van der Waals surface area contributed by atoms with Crippen molar-refractivity contribution in [2.75, 3.05) is 44.4 Å². The normalized spacial score (nSPS) is 23.7. The lowest BCUT2D eigenvalue weighted by atomic mass is 10.1. The molecule has 6 nitrogen and oxygen atoms in total. The summed E-state index contributed by atoms with van der Waals surface area (Å²) < 4.78 is 18.6. The van der Waals surface area contributed by atoms with Gasteiger partial charge in [-0.05, 0) is 43.5 Å². The Labute approximate surface area is 211 Å². The van der Waals surface area contributed by atoms with E-state index >= 15 is 0 Å². The molecule has 0 spiro atoms. The lowest BCUT2D eigenvalue weighted by Crippen LogP contribution is -2.52. The second kappa shape index (κ2) is 11.8. The standard InChI is InChI=1S/C27H36FN3O3S/c1-19-3-5-20(6-4-19)23-17-27(23,2)29-11-16-35-18-24(26(33)31-12-14-34-15-13-31)30-25(32)21-7-9-22(28)10-8-21/h3-10,23-25,29-30,32H,11-18H2,1-2H3/t23-,24-,25?,27?/m0/s1. The summed E-state index contributed by atoms with van der Waals surface area (Å²) in [6.07, 6.45) is 0.0783. The first-order chi connectivity index (χ1) is 16.9. The Morgan fingerprint density at radius 3 is 2.57 bits per heavy atom. The quantitative estimate of drug-likeness (QED) is 0.324. The molecule has 35 heavy (non-hydrogen) atoms. The molecule has 8 heteroatoms. The number of hydrogen-bond acceptors (Lipinski definition) is 6. The number of nitrogens with zero attached hydrogens (tertiary/aromatic N) is 1. The third-order valence-corrected chi connectivity index (χ3v) is 8.00. The Morgan fingerprint density at radius 2 is 1.89 bits per heavy atom. The lowest BCUT2D eigenvalue weighted by Gasteiger charge is -2.31. The van der Waals surface area contributed by atoms with Gasteiger partial charge in [-0.1, -0.05) is 42.0 Å². The second-order valence-corrected chi connectivity index (χ2v) is 10.8. The molecule has 1 saturated carbocycles. The summed E-state index contributed by atoms with van der Waals surface area (Å²) in [5, 5.41) is 17.4. The van der Waals surface area contributed by atoms with Crippen molar-refractivity contribution in [3.8, 4) is 0 Å². The van der Waals surface area contributed by atoms with E-state index in [0.29, 0.717) is 43.5 Å². The van der Waals surface area contributed by atoms with Crippen molar-refractivity contribution in [3.05, 3.63) is 71.0 Å². The highest BCUT2D eigenvalue weighted by atomic mass is 32.2. The molecule has 1 aliphatic heterocycles. The molecule has 4 rings (SSSR count). The molecule has 1 aliphatic carbocycles. The van der Waals surface area contributed by atoms with Gasteiger partial charge in [-0.15, -0.1) is 0 Å². The summed E-state index contributed by atoms with van der Waals surface area (Å²) in [5.74, 6) is 1.53. The van der Waals surface area contributed by atoms with E-state index in [1.54, 1.807) is 16.7 Å². The lowest BCUT2D eigenvalue weighted by molar-refractivity contribution is -0.137. The molecule has 1 amide bonds. The Kier molecular flexibility index (Phi) is 8.83. The monoisotopic (exact) mass is 501 g/mol. The van der Waals surface area contributed by atoms with Crippen molar-refractivity contribution in [1.29, 1.82) is 0 Å². The number of hydrogen-bond donors (Lipinski definition) is 3. The Balaban J connectivity index is 1.27. The minimum absolute atomic E-state index is 0.0384. The minimum atomic E-state index is -1.05. The largest absolute Gasteiger partial charge is 0.378 e. The van der Waals surface area contributed by atoms with Gasteiger partial charge in [0.2, 0.25) is 5.91 Å². The topological polar surface area (TPSA) is 73.8 Å². The van der Waals surface area contributed by atoms with Crippen LogP contribution in [0.4, 0.5) is 4.39 Å². The Hall–Kier alpha value is -1.97. The number of thioether (sulfide) groups is 1. The molecule has 0 aromatic heterocycles. The number of halogens is 1. The predicted octanol–water partition coefficient (Wildman–Crippen LogP) is 3.21. The third kappa shape index (κ3) is 7.05. The van der Waals surface area contributed by atoms with Gasteiger partial charge >= 0.3 is 0 Å². The van der Waals surface area contributed by atoms with E-state index in [1.165, 1.54) is 35.4 Å². The van der Waals surface area contributed by atoms with Crippen LogP contribution in [0.3, 0.4) is 0 Å². The molecular formula is C27H36FN3O3S. The molecule has 4 atom stereocenters. The maximum absolute atomic E-state index is 13.3. The van der Waals surface area contributed by atoms with E-state index in [-0.39, 0.29) is 17.3 Å². The highest BCUT2D eigenvalue weighted by Gasteiger charge is 2.50. The van der Waals surface area contributed by atoms with E-state index in [4.69, 9.17) is 4.74 Å². The van der Waals surface area contributed by atoms with Crippen LogP contribution in [0.25, 0.3) is 0 Å². The molecule has 2 unspecified atom stereocenters. The van der Waals surface area contributed by atoms with Crippen LogP contribution < -0.4 is 10.6 Å². The fourth-order valence-electron chi connectivity index (χ4n) is 4.58. The Morgan fingerprint density at radius 1 is 1.20 bits per heavy atom. The van der Waals surface area contributed by atoms with Crippen molar-refractivity contribution >= 4 is 17.7 Å². The first kappa shape index (κ1) is 26.1. The molecule has 1 saturated heterocycles. The van der Waals surface area contributed by atoms with Crippen LogP contribution in [0.15, 0.2) is 48.5 Å². The summed E-state index contributed by atoms with van der Waals surface area (Å²) in [7, 11) is 0. The highest BCUT2D eigenvalue weighted by Crippen LogP contribution is 2.51. The van der Waals surface area contributed by atoms with Crippen molar-refractivity contribution in [3.63, 3.8) is 0 Å². The number of nitrogens with one attached hydrogen (secondary N) is 2. The van der Waals surface area contributed by atoms with E-state index in [9.17, 15) is 14.3 Å². The van der Waals surface area contributed by atoms with Gasteiger partial charge in [0.1, 0.15) is 12.0 Å². The first-order valence-electron chi connectivity index (χ1n) is 12.3. The maximum atomic E-state index is 13.3. The van der Waals surface area contributed by atoms with Crippen LogP contribution in [0.5, 0.6) is 0 Å². The second-order valence-electron chi connectivity index (χ2n) is 9.70. The molecule has 0 radical (unpaired) electrons. The van der Waals surface area contributed by atoms with Gasteiger partial charge in [-0.3, -0.25) is 10.1 Å². The van der Waals surface area contributed by atoms with Crippen molar-refractivity contribution in [1.82, 2.24) is 15.5 Å². The van der Waals surface area contributed by atoms with Gasteiger partial charge in [0.25, 0.3) is 0 Å². The average molecular weight is 502 g/mol. The van der Waals surface area contributed by atoms with Crippen LogP contribution in [0.1, 0.15) is 42.2 Å². The number of morpholine rings is 1. The number of aliphatic hydroxyl groups excluding tert-OH is 1. The van der Waals surface area contributed by atoms with Gasteiger partial charge in [0.05, 0.1) is 19.3 Å². The van der Waals surface area contributed by atoms with Crippen LogP contribution in [-0.4, -0.2) is 71.8 Å². The van der Waals surface area contributed by atoms with Gasteiger partial charge in [-0.2, -0.15) is 11.8 Å². The number of rotatable bonds is 11. The first-order valence-corrected chi connectivity index (χ1v) is 13.5. The number of ether oxygens (including phenoxy) is 1. The minimum Gasteiger partial charge on any atom is -0.378 e. The number of carbonyl (C=O) groups excluding carboxylic acids is 1. The zero-order chi connectivity index (χ0) is 24.8. The zero-order valence-corrected chi connectivity index (χ0v) is 21.3. The summed E-state index contributed by atoms with van der Waals surface area (Å²) in [4.78, 5) is 15.0. The van der Waals surface area contributed by atoms with Crippen LogP contribution in [0.2, 0.25) is 0 Å². The summed E-state index contributed by atoms with van der Waals surface area (Å²) in [5.41, 5.74) is 3.31. The molecule has 2 aliphatic rings.